The molecule has 1 aromatic carbocycles. The van der Waals surface area contributed by atoms with Crippen LogP contribution in [0.5, 0.6) is 0 Å². The molecule has 0 aromatic heterocycles. The molecule has 0 amide bonds. The molecule has 1 N–H and O–H groups in total. The summed E-state index contributed by atoms with van der Waals surface area (Å²) in [5.74, 6) is 2.70. The number of rotatable bonds is 2. The van der Waals surface area contributed by atoms with Gasteiger partial charge in [-0.3, -0.25) is 0 Å². The van der Waals surface area contributed by atoms with Crippen LogP contribution in [0.25, 0.3) is 0 Å². The number of benzene rings is 1. The van der Waals surface area contributed by atoms with Gasteiger partial charge >= 0.3 is 0 Å². The predicted octanol–water partition coefficient (Wildman–Crippen LogP) is 4.48. The zero-order valence-corrected chi connectivity index (χ0v) is 14.9. The molecule has 21 heavy (non-hydrogen) atoms. The molecule has 0 bridgehead atoms. The Morgan fingerprint density at radius 3 is 2.81 bits per heavy atom. The largest absolute Gasteiger partial charge is 0.388 e. The minimum Gasteiger partial charge on any atom is -0.388 e. The lowest BCUT2D eigenvalue weighted by Crippen LogP contribution is -2.44. The van der Waals surface area contributed by atoms with Gasteiger partial charge in [0, 0.05) is 11.1 Å². The topological polar surface area (TPSA) is 29.5 Å². The fraction of sp³-hybridized carbons (Fsp3) is 0.647. The summed E-state index contributed by atoms with van der Waals surface area (Å²) in [4.78, 5) is 0. The normalized spacial score (nSPS) is 26.7. The van der Waals surface area contributed by atoms with Crippen LogP contribution in [0, 0.1) is 12.8 Å². The van der Waals surface area contributed by atoms with Gasteiger partial charge in [0.2, 0.25) is 0 Å². The Balaban J connectivity index is 1.76. The second-order valence-corrected chi connectivity index (χ2v) is 8.54. The van der Waals surface area contributed by atoms with E-state index in [0.29, 0.717) is 5.92 Å². The van der Waals surface area contributed by atoms with Gasteiger partial charge in [-0.25, -0.2) is 0 Å². The first kappa shape index (κ1) is 15.9. The van der Waals surface area contributed by atoms with E-state index in [2.05, 4.69) is 41.1 Å². The Bertz CT molecular complexity index is 474. The lowest BCUT2D eigenvalue weighted by Gasteiger charge is -2.44. The molecule has 1 spiro atoms. The number of thioether (sulfide) groups is 1. The third-order valence-electron chi connectivity index (χ3n) is 4.79. The molecule has 2 nitrogen and oxygen atoms in total. The number of aryl methyl sites for hydroxylation is 1. The van der Waals surface area contributed by atoms with E-state index in [1.54, 1.807) is 0 Å². The molecule has 2 fully saturated rings. The molecule has 2 atom stereocenters. The Labute approximate surface area is 139 Å². The first-order valence-electron chi connectivity index (χ1n) is 7.75. The van der Waals surface area contributed by atoms with E-state index >= 15 is 0 Å². The standard InChI is InChI=1S/C17H23BrO2S/c1-12-8-14(10-15(18)9-12)16(19)13-2-5-20-17(11-13)3-6-21-7-4-17/h8-10,13,16,19H,2-7,11H2,1H3. The predicted molar refractivity (Wildman–Crippen MR) is 91.8 cm³/mol. The minimum atomic E-state index is -0.378. The van der Waals surface area contributed by atoms with Crippen molar-refractivity contribution in [3.05, 3.63) is 33.8 Å². The van der Waals surface area contributed by atoms with Crippen LogP contribution in [-0.2, 0) is 4.74 Å². The quantitative estimate of drug-likeness (QED) is 0.831. The van der Waals surface area contributed by atoms with Crippen LogP contribution in [0.3, 0.4) is 0 Å². The van der Waals surface area contributed by atoms with E-state index < -0.39 is 0 Å². The van der Waals surface area contributed by atoms with Crippen molar-refractivity contribution in [2.24, 2.45) is 5.92 Å². The van der Waals surface area contributed by atoms with Gasteiger partial charge < -0.3 is 9.84 Å². The zero-order chi connectivity index (χ0) is 14.9. The van der Waals surface area contributed by atoms with Crippen LogP contribution in [0.2, 0.25) is 0 Å². The van der Waals surface area contributed by atoms with Gasteiger partial charge in [-0.05, 0) is 73.3 Å². The lowest BCUT2D eigenvalue weighted by molar-refractivity contribution is -0.121. The van der Waals surface area contributed by atoms with E-state index in [4.69, 9.17) is 4.74 Å². The molecule has 0 radical (unpaired) electrons. The number of aliphatic hydroxyl groups is 1. The van der Waals surface area contributed by atoms with Gasteiger partial charge in [-0.15, -0.1) is 0 Å². The molecule has 2 heterocycles. The van der Waals surface area contributed by atoms with Crippen molar-refractivity contribution in [1.29, 1.82) is 0 Å². The van der Waals surface area contributed by atoms with Crippen molar-refractivity contribution >= 4 is 27.7 Å². The summed E-state index contributed by atoms with van der Waals surface area (Å²) in [5.41, 5.74) is 2.26. The monoisotopic (exact) mass is 370 g/mol. The fourth-order valence-electron chi connectivity index (χ4n) is 3.63. The summed E-state index contributed by atoms with van der Waals surface area (Å²) in [5, 5.41) is 10.8. The Morgan fingerprint density at radius 1 is 1.33 bits per heavy atom. The first-order valence-corrected chi connectivity index (χ1v) is 9.70. The summed E-state index contributed by atoms with van der Waals surface area (Å²) in [7, 11) is 0. The first-order chi connectivity index (χ1) is 10.1. The van der Waals surface area contributed by atoms with Crippen molar-refractivity contribution in [3.63, 3.8) is 0 Å². The average Bonchev–Trinajstić information content (AvgIpc) is 2.46. The van der Waals surface area contributed by atoms with Crippen molar-refractivity contribution in [2.45, 2.75) is 44.3 Å². The van der Waals surface area contributed by atoms with E-state index in [0.717, 1.165) is 42.3 Å². The highest BCUT2D eigenvalue weighted by atomic mass is 79.9. The molecule has 3 rings (SSSR count). The Morgan fingerprint density at radius 2 is 2.10 bits per heavy atom. The second-order valence-electron chi connectivity index (χ2n) is 6.40. The number of halogens is 1. The smallest absolute Gasteiger partial charge is 0.0820 e. The van der Waals surface area contributed by atoms with Gasteiger partial charge in [0.1, 0.15) is 0 Å². The van der Waals surface area contributed by atoms with Crippen molar-refractivity contribution in [1.82, 2.24) is 0 Å². The highest BCUT2D eigenvalue weighted by Crippen LogP contribution is 2.43. The van der Waals surface area contributed by atoms with Gasteiger partial charge in [0.05, 0.1) is 11.7 Å². The summed E-state index contributed by atoms with van der Waals surface area (Å²) in [6.45, 7) is 2.87. The van der Waals surface area contributed by atoms with Crippen LogP contribution >= 0.6 is 27.7 Å². The van der Waals surface area contributed by atoms with Crippen LogP contribution < -0.4 is 0 Å². The third-order valence-corrected chi connectivity index (χ3v) is 6.23. The molecule has 0 saturated carbocycles. The maximum atomic E-state index is 10.8. The molecule has 2 unspecified atom stereocenters. The van der Waals surface area contributed by atoms with Crippen LogP contribution in [0.1, 0.15) is 42.9 Å². The summed E-state index contributed by atoms with van der Waals surface area (Å²) < 4.78 is 7.18. The molecule has 116 valence electrons. The maximum absolute atomic E-state index is 10.8. The fourth-order valence-corrected chi connectivity index (χ4v) is 5.50. The summed E-state index contributed by atoms with van der Waals surface area (Å²) >= 11 is 5.56. The SMILES string of the molecule is Cc1cc(Br)cc(C(O)C2CCOC3(CCSCC3)C2)c1. The van der Waals surface area contributed by atoms with Gasteiger partial charge in [-0.2, -0.15) is 11.8 Å². The van der Waals surface area contributed by atoms with Gasteiger partial charge in [-0.1, -0.05) is 22.0 Å². The van der Waals surface area contributed by atoms with Crippen molar-refractivity contribution in [3.8, 4) is 0 Å². The summed E-state index contributed by atoms with van der Waals surface area (Å²) in [6.07, 6.45) is 3.86. The van der Waals surface area contributed by atoms with Crippen molar-refractivity contribution < 1.29 is 9.84 Å². The number of ether oxygens (including phenoxy) is 1. The maximum Gasteiger partial charge on any atom is 0.0820 e. The highest BCUT2D eigenvalue weighted by Gasteiger charge is 2.41. The van der Waals surface area contributed by atoms with E-state index in [-0.39, 0.29) is 11.7 Å². The third kappa shape index (κ3) is 3.66. The van der Waals surface area contributed by atoms with E-state index in [1.807, 2.05) is 11.8 Å². The number of hydrogen-bond acceptors (Lipinski definition) is 3. The van der Waals surface area contributed by atoms with Gasteiger partial charge in [0.15, 0.2) is 0 Å². The van der Waals surface area contributed by atoms with Crippen LogP contribution in [-0.4, -0.2) is 28.8 Å². The molecule has 0 aliphatic carbocycles. The molecular formula is C17H23BrO2S. The molecule has 2 saturated heterocycles. The highest BCUT2D eigenvalue weighted by molar-refractivity contribution is 9.10. The molecule has 4 heteroatoms. The van der Waals surface area contributed by atoms with E-state index in [9.17, 15) is 5.11 Å². The Hall–Kier alpha value is -0.0300. The second kappa shape index (κ2) is 6.61. The lowest BCUT2D eigenvalue weighted by atomic mass is 9.78. The minimum absolute atomic E-state index is 0.0379. The number of hydrogen-bond donors (Lipinski definition) is 1. The van der Waals surface area contributed by atoms with Crippen molar-refractivity contribution in [2.75, 3.05) is 18.1 Å². The van der Waals surface area contributed by atoms with E-state index in [1.165, 1.54) is 17.1 Å². The molecule has 1 aromatic rings. The average molecular weight is 371 g/mol. The zero-order valence-electron chi connectivity index (χ0n) is 12.5. The summed E-state index contributed by atoms with van der Waals surface area (Å²) in [6, 6.07) is 6.24. The van der Waals surface area contributed by atoms with Crippen LogP contribution in [0.15, 0.2) is 22.7 Å². The molecular weight excluding hydrogens is 348 g/mol. The molecule has 2 aliphatic rings. The number of aliphatic hydroxyl groups excluding tert-OH is 1. The Kier molecular flexibility index (Phi) is 4.99. The van der Waals surface area contributed by atoms with Crippen LogP contribution in [0.4, 0.5) is 0 Å². The molecule has 2 aliphatic heterocycles. The van der Waals surface area contributed by atoms with Gasteiger partial charge in [0.25, 0.3) is 0 Å².